The summed E-state index contributed by atoms with van der Waals surface area (Å²) in [5.74, 6) is 0.714. The molecule has 0 bridgehead atoms. The van der Waals surface area contributed by atoms with E-state index in [4.69, 9.17) is 4.74 Å². The fourth-order valence-corrected chi connectivity index (χ4v) is 2.49. The van der Waals surface area contributed by atoms with Crippen LogP contribution in [-0.4, -0.2) is 11.7 Å². The van der Waals surface area contributed by atoms with Gasteiger partial charge in [0.2, 0.25) is 0 Å². The zero-order valence-corrected chi connectivity index (χ0v) is 9.23. The van der Waals surface area contributed by atoms with Crippen molar-refractivity contribution >= 4 is 11.3 Å². The Morgan fingerprint density at radius 3 is 2.79 bits per heavy atom. The van der Waals surface area contributed by atoms with Gasteiger partial charge in [-0.15, -0.1) is 11.3 Å². The Bertz CT molecular complexity index is 365. The molecule has 1 aliphatic heterocycles. The van der Waals surface area contributed by atoms with Crippen molar-refractivity contribution in [3.63, 3.8) is 0 Å². The predicted molar refractivity (Wildman–Crippen MR) is 57.4 cm³/mol. The highest BCUT2D eigenvalue weighted by molar-refractivity contribution is 7.10. The number of ether oxygens (including phenoxy) is 1. The van der Waals surface area contributed by atoms with Gasteiger partial charge in [0.25, 0.3) is 0 Å². The first-order valence-corrected chi connectivity index (χ1v) is 5.63. The number of aliphatic hydroxyl groups is 1. The summed E-state index contributed by atoms with van der Waals surface area (Å²) in [7, 11) is 0. The molecule has 0 saturated carbocycles. The van der Waals surface area contributed by atoms with Gasteiger partial charge in [-0.25, -0.2) is 0 Å². The van der Waals surface area contributed by atoms with Crippen LogP contribution in [0.2, 0.25) is 0 Å². The lowest BCUT2D eigenvalue weighted by Gasteiger charge is -2.12. The van der Waals surface area contributed by atoms with Crippen molar-refractivity contribution in [3.8, 4) is 0 Å². The number of aliphatic hydroxyl groups excluding tert-OH is 1. The Morgan fingerprint density at radius 2 is 2.29 bits per heavy atom. The SMILES string of the molecule is Cc1scc(C(O)C2=CCCO2)c1C. The lowest BCUT2D eigenvalue weighted by atomic mass is 10.1. The minimum Gasteiger partial charge on any atom is -0.495 e. The van der Waals surface area contributed by atoms with E-state index in [0.717, 1.165) is 12.0 Å². The first kappa shape index (κ1) is 9.74. The Morgan fingerprint density at radius 1 is 1.50 bits per heavy atom. The van der Waals surface area contributed by atoms with Crippen LogP contribution in [0.4, 0.5) is 0 Å². The second kappa shape index (κ2) is 3.75. The second-order valence-corrected chi connectivity index (χ2v) is 4.60. The third-order valence-electron chi connectivity index (χ3n) is 2.62. The van der Waals surface area contributed by atoms with E-state index in [1.807, 2.05) is 18.4 Å². The van der Waals surface area contributed by atoms with Crippen molar-refractivity contribution in [2.24, 2.45) is 0 Å². The van der Waals surface area contributed by atoms with Crippen molar-refractivity contribution in [2.75, 3.05) is 6.61 Å². The fourth-order valence-electron chi connectivity index (χ4n) is 1.58. The van der Waals surface area contributed by atoms with Gasteiger partial charge in [-0.3, -0.25) is 0 Å². The van der Waals surface area contributed by atoms with E-state index in [2.05, 4.69) is 6.92 Å². The van der Waals surface area contributed by atoms with Crippen LogP contribution in [0, 0.1) is 13.8 Å². The number of aryl methyl sites for hydroxylation is 1. The van der Waals surface area contributed by atoms with Gasteiger partial charge in [-0.1, -0.05) is 0 Å². The van der Waals surface area contributed by atoms with E-state index in [0.29, 0.717) is 12.4 Å². The van der Waals surface area contributed by atoms with Crippen LogP contribution in [0.1, 0.15) is 28.5 Å². The molecule has 1 unspecified atom stereocenters. The van der Waals surface area contributed by atoms with Crippen LogP contribution in [-0.2, 0) is 4.74 Å². The predicted octanol–water partition coefficient (Wildman–Crippen LogP) is 2.70. The molecule has 0 radical (unpaired) electrons. The van der Waals surface area contributed by atoms with E-state index < -0.39 is 6.10 Å². The Balaban J connectivity index is 2.26. The summed E-state index contributed by atoms with van der Waals surface area (Å²) in [6, 6.07) is 0. The number of hydrogen-bond donors (Lipinski definition) is 1. The highest BCUT2D eigenvalue weighted by atomic mass is 32.1. The van der Waals surface area contributed by atoms with Crippen LogP contribution in [0.3, 0.4) is 0 Å². The van der Waals surface area contributed by atoms with Crippen molar-refractivity contribution in [1.82, 2.24) is 0 Å². The first-order chi connectivity index (χ1) is 6.70. The Hall–Kier alpha value is -0.800. The summed E-state index contributed by atoms with van der Waals surface area (Å²) in [6.07, 6.45) is 2.31. The number of thiophene rings is 1. The normalized spacial score (nSPS) is 17.8. The summed E-state index contributed by atoms with van der Waals surface area (Å²) < 4.78 is 5.35. The number of hydrogen-bond acceptors (Lipinski definition) is 3. The summed E-state index contributed by atoms with van der Waals surface area (Å²) in [4.78, 5) is 1.26. The maximum Gasteiger partial charge on any atom is 0.137 e. The van der Waals surface area contributed by atoms with E-state index in [1.54, 1.807) is 11.3 Å². The van der Waals surface area contributed by atoms with Crippen LogP contribution >= 0.6 is 11.3 Å². The third kappa shape index (κ3) is 1.57. The average molecular weight is 210 g/mol. The van der Waals surface area contributed by atoms with Gasteiger partial charge in [0, 0.05) is 16.9 Å². The molecule has 0 aliphatic carbocycles. The number of rotatable bonds is 2. The van der Waals surface area contributed by atoms with E-state index in [-0.39, 0.29) is 0 Å². The highest BCUT2D eigenvalue weighted by Crippen LogP contribution is 2.32. The van der Waals surface area contributed by atoms with Gasteiger partial charge in [-0.05, 0) is 30.9 Å². The average Bonchev–Trinajstić information content (AvgIpc) is 2.77. The summed E-state index contributed by atoms with van der Waals surface area (Å²) in [5, 5.41) is 12.0. The molecule has 2 rings (SSSR count). The van der Waals surface area contributed by atoms with Gasteiger partial charge in [-0.2, -0.15) is 0 Å². The Labute approximate surface area is 87.8 Å². The van der Waals surface area contributed by atoms with Gasteiger partial charge in [0.05, 0.1) is 6.61 Å². The fraction of sp³-hybridized carbons (Fsp3) is 0.455. The maximum atomic E-state index is 10.0. The zero-order chi connectivity index (χ0) is 10.1. The summed E-state index contributed by atoms with van der Waals surface area (Å²) in [6.45, 7) is 4.81. The summed E-state index contributed by atoms with van der Waals surface area (Å²) >= 11 is 1.68. The minimum atomic E-state index is -0.567. The molecular formula is C11H14O2S. The highest BCUT2D eigenvalue weighted by Gasteiger charge is 2.21. The van der Waals surface area contributed by atoms with Gasteiger partial charge < -0.3 is 9.84 Å². The van der Waals surface area contributed by atoms with Crippen molar-refractivity contribution in [3.05, 3.63) is 33.2 Å². The molecule has 0 fully saturated rings. The lowest BCUT2D eigenvalue weighted by Crippen LogP contribution is -2.02. The molecule has 0 saturated heterocycles. The van der Waals surface area contributed by atoms with Crippen LogP contribution < -0.4 is 0 Å². The molecule has 0 amide bonds. The second-order valence-electron chi connectivity index (χ2n) is 3.52. The van der Waals surface area contributed by atoms with E-state index in [1.165, 1.54) is 10.4 Å². The topological polar surface area (TPSA) is 29.5 Å². The third-order valence-corrected chi connectivity index (χ3v) is 3.65. The molecule has 1 atom stereocenters. The minimum absolute atomic E-state index is 0.567. The molecule has 2 heterocycles. The molecule has 2 nitrogen and oxygen atoms in total. The zero-order valence-electron chi connectivity index (χ0n) is 8.41. The Kier molecular flexibility index (Phi) is 2.61. The molecule has 0 spiro atoms. The molecule has 1 N–H and O–H groups in total. The van der Waals surface area contributed by atoms with Crippen molar-refractivity contribution in [2.45, 2.75) is 26.4 Å². The molecule has 76 valence electrons. The van der Waals surface area contributed by atoms with Gasteiger partial charge in [0.15, 0.2) is 0 Å². The first-order valence-electron chi connectivity index (χ1n) is 4.75. The largest absolute Gasteiger partial charge is 0.495 e. The van der Waals surface area contributed by atoms with Crippen molar-refractivity contribution < 1.29 is 9.84 Å². The smallest absolute Gasteiger partial charge is 0.137 e. The molecule has 1 aliphatic rings. The molecule has 1 aromatic rings. The van der Waals surface area contributed by atoms with E-state index >= 15 is 0 Å². The van der Waals surface area contributed by atoms with Crippen LogP contribution in [0.15, 0.2) is 17.2 Å². The molecular weight excluding hydrogens is 196 g/mol. The van der Waals surface area contributed by atoms with Crippen LogP contribution in [0.5, 0.6) is 0 Å². The standard InChI is InChI=1S/C11H14O2S/c1-7-8(2)14-6-9(7)11(12)10-4-3-5-13-10/h4,6,11-12H,3,5H2,1-2H3. The molecule has 14 heavy (non-hydrogen) atoms. The van der Waals surface area contributed by atoms with Crippen molar-refractivity contribution in [1.29, 1.82) is 0 Å². The van der Waals surface area contributed by atoms with Crippen LogP contribution in [0.25, 0.3) is 0 Å². The molecule has 3 heteroatoms. The monoisotopic (exact) mass is 210 g/mol. The molecule has 0 aromatic carbocycles. The molecule has 1 aromatic heterocycles. The van der Waals surface area contributed by atoms with Gasteiger partial charge in [0.1, 0.15) is 11.9 Å². The lowest BCUT2D eigenvalue weighted by molar-refractivity contribution is 0.119. The van der Waals surface area contributed by atoms with E-state index in [9.17, 15) is 5.11 Å². The maximum absolute atomic E-state index is 10.0. The summed E-state index contributed by atoms with van der Waals surface area (Å²) in [5.41, 5.74) is 2.17. The quantitative estimate of drug-likeness (QED) is 0.813. The van der Waals surface area contributed by atoms with Gasteiger partial charge >= 0.3 is 0 Å².